The second kappa shape index (κ2) is 5.96. The van der Waals surface area contributed by atoms with Crippen molar-refractivity contribution < 1.29 is 14.6 Å². The van der Waals surface area contributed by atoms with Crippen molar-refractivity contribution in [3.8, 4) is 0 Å². The highest BCUT2D eigenvalue weighted by Gasteiger charge is 2.39. The number of carboxylic acids is 1. The summed E-state index contributed by atoms with van der Waals surface area (Å²) in [5, 5.41) is 8.86. The zero-order valence-electron chi connectivity index (χ0n) is 10.5. The van der Waals surface area contributed by atoms with E-state index in [1.54, 1.807) is 12.4 Å². The largest absolute Gasteiger partial charge is 0.481 e. The highest BCUT2D eigenvalue weighted by molar-refractivity contribution is 5.68. The van der Waals surface area contributed by atoms with Gasteiger partial charge in [0.05, 0.1) is 12.0 Å². The minimum Gasteiger partial charge on any atom is -0.481 e. The van der Waals surface area contributed by atoms with Gasteiger partial charge in [-0.25, -0.2) is 0 Å². The van der Waals surface area contributed by atoms with Crippen molar-refractivity contribution in [2.45, 2.75) is 44.1 Å². The van der Waals surface area contributed by atoms with E-state index in [0.29, 0.717) is 6.61 Å². The van der Waals surface area contributed by atoms with Gasteiger partial charge in [-0.3, -0.25) is 9.78 Å². The number of nitrogens with zero attached hydrogens (tertiary/aromatic N) is 1. The SMILES string of the molecule is O=C(O)CC1(OCCCc2ccncc2)CCC1. The smallest absolute Gasteiger partial charge is 0.306 e. The molecule has 0 amide bonds. The zero-order chi connectivity index (χ0) is 12.8. The van der Waals surface area contributed by atoms with Gasteiger partial charge in [-0.05, 0) is 49.8 Å². The van der Waals surface area contributed by atoms with Gasteiger partial charge in [0.1, 0.15) is 0 Å². The van der Waals surface area contributed by atoms with Crippen molar-refractivity contribution in [2.24, 2.45) is 0 Å². The number of aromatic nitrogens is 1. The van der Waals surface area contributed by atoms with E-state index in [2.05, 4.69) is 4.98 Å². The molecule has 0 aliphatic heterocycles. The van der Waals surface area contributed by atoms with Crippen LogP contribution < -0.4 is 0 Å². The lowest BCUT2D eigenvalue weighted by atomic mass is 9.77. The summed E-state index contributed by atoms with van der Waals surface area (Å²) in [6.45, 7) is 0.635. The third-order valence-electron chi connectivity index (χ3n) is 3.51. The highest BCUT2D eigenvalue weighted by Crippen LogP contribution is 2.38. The third-order valence-corrected chi connectivity index (χ3v) is 3.51. The van der Waals surface area contributed by atoms with Crippen LogP contribution in [0.2, 0.25) is 0 Å². The summed E-state index contributed by atoms with van der Waals surface area (Å²) in [5.74, 6) is -0.760. The van der Waals surface area contributed by atoms with E-state index < -0.39 is 5.97 Å². The molecule has 1 aliphatic rings. The van der Waals surface area contributed by atoms with Crippen molar-refractivity contribution in [3.63, 3.8) is 0 Å². The molecule has 0 saturated heterocycles. The van der Waals surface area contributed by atoms with Crippen LogP contribution in [-0.4, -0.2) is 28.3 Å². The molecule has 0 spiro atoms. The van der Waals surface area contributed by atoms with E-state index in [0.717, 1.165) is 32.1 Å². The molecule has 1 fully saturated rings. The number of hydrogen-bond acceptors (Lipinski definition) is 3. The predicted molar refractivity (Wildman–Crippen MR) is 67.3 cm³/mol. The van der Waals surface area contributed by atoms with Crippen LogP contribution in [-0.2, 0) is 16.0 Å². The Kier molecular flexibility index (Phi) is 4.31. The summed E-state index contributed by atoms with van der Waals surface area (Å²) >= 11 is 0. The Morgan fingerprint density at radius 2 is 2.11 bits per heavy atom. The number of hydrogen-bond donors (Lipinski definition) is 1. The molecule has 98 valence electrons. The van der Waals surface area contributed by atoms with E-state index in [1.807, 2.05) is 12.1 Å². The zero-order valence-corrected chi connectivity index (χ0v) is 10.5. The molecule has 0 unspecified atom stereocenters. The summed E-state index contributed by atoms with van der Waals surface area (Å²) in [5.41, 5.74) is 0.874. The van der Waals surface area contributed by atoms with E-state index in [4.69, 9.17) is 9.84 Å². The summed E-state index contributed by atoms with van der Waals surface area (Å²) in [7, 11) is 0. The molecular formula is C14H19NO3. The minimum absolute atomic E-state index is 0.141. The fourth-order valence-corrected chi connectivity index (χ4v) is 2.33. The molecule has 4 heteroatoms. The maximum Gasteiger partial charge on any atom is 0.306 e. The number of carbonyl (C=O) groups is 1. The van der Waals surface area contributed by atoms with Crippen molar-refractivity contribution in [1.82, 2.24) is 4.98 Å². The Balaban J connectivity index is 1.70. The molecule has 1 aliphatic carbocycles. The lowest BCUT2D eigenvalue weighted by molar-refractivity contribution is -0.154. The van der Waals surface area contributed by atoms with Crippen LogP contribution in [0.15, 0.2) is 24.5 Å². The molecule has 1 N–H and O–H groups in total. The highest BCUT2D eigenvalue weighted by atomic mass is 16.5. The quantitative estimate of drug-likeness (QED) is 0.754. The van der Waals surface area contributed by atoms with Crippen molar-refractivity contribution >= 4 is 5.97 Å². The van der Waals surface area contributed by atoms with Gasteiger partial charge in [0.25, 0.3) is 0 Å². The lowest BCUT2D eigenvalue weighted by Gasteiger charge is -2.40. The molecule has 18 heavy (non-hydrogen) atoms. The first-order valence-electron chi connectivity index (χ1n) is 6.45. The van der Waals surface area contributed by atoms with E-state index in [-0.39, 0.29) is 12.0 Å². The van der Waals surface area contributed by atoms with Crippen LogP contribution in [0.25, 0.3) is 0 Å². The first-order valence-corrected chi connectivity index (χ1v) is 6.45. The maximum absolute atomic E-state index is 10.8. The second-order valence-electron chi connectivity index (χ2n) is 4.91. The fourth-order valence-electron chi connectivity index (χ4n) is 2.33. The molecule has 1 saturated carbocycles. The number of ether oxygens (including phenoxy) is 1. The predicted octanol–water partition coefficient (Wildman–Crippen LogP) is 2.43. The molecule has 0 atom stereocenters. The van der Waals surface area contributed by atoms with E-state index in [9.17, 15) is 4.79 Å². The Morgan fingerprint density at radius 3 is 2.67 bits per heavy atom. The molecular weight excluding hydrogens is 230 g/mol. The number of carboxylic acid groups (broad SMARTS) is 1. The van der Waals surface area contributed by atoms with Gasteiger partial charge in [-0.2, -0.15) is 0 Å². The van der Waals surface area contributed by atoms with Crippen LogP contribution in [0, 0.1) is 0 Å². The lowest BCUT2D eigenvalue weighted by Crippen LogP contribution is -2.42. The monoisotopic (exact) mass is 249 g/mol. The third kappa shape index (κ3) is 3.53. The van der Waals surface area contributed by atoms with E-state index in [1.165, 1.54) is 5.56 Å². The van der Waals surface area contributed by atoms with Gasteiger partial charge in [0.2, 0.25) is 0 Å². The second-order valence-corrected chi connectivity index (χ2v) is 4.91. The van der Waals surface area contributed by atoms with Gasteiger partial charge in [0.15, 0.2) is 0 Å². The number of pyridine rings is 1. The summed E-state index contributed by atoms with van der Waals surface area (Å²) in [6, 6.07) is 3.99. The van der Waals surface area contributed by atoms with Gasteiger partial charge < -0.3 is 9.84 Å². The molecule has 0 aromatic carbocycles. The van der Waals surface area contributed by atoms with Crippen LogP contribution in [0.4, 0.5) is 0 Å². The molecule has 0 radical (unpaired) electrons. The Morgan fingerprint density at radius 1 is 1.39 bits per heavy atom. The molecule has 4 nitrogen and oxygen atoms in total. The first kappa shape index (κ1) is 13.0. The molecule has 0 bridgehead atoms. The Hall–Kier alpha value is -1.42. The number of aryl methyl sites for hydroxylation is 1. The first-order chi connectivity index (χ1) is 8.70. The fraction of sp³-hybridized carbons (Fsp3) is 0.571. The topological polar surface area (TPSA) is 59.4 Å². The van der Waals surface area contributed by atoms with E-state index >= 15 is 0 Å². The summed E-state index contributed by atoms with van der Waals surface area (Å²) in [6.07, 6.45) is 8.43. The summed E-state index contributed by atoms with van der Waals surface area (Å²) in [4.78, 5) is 14.7. The molecule has 1 aromatic rings. The Bertz CT molecular complexity index is 387. The standard InChI is InChI=1S/C14H19NO3/c16-13(17)11-14(6-2-7-14)18-10-1-3-12-4-8-15-9-5-12/h4-5,8-9H,1-3,6-7,10-11H2,(H,16,17). The molecule has 1 heterocycles. The number of aliphatic carboxylic acids is 1. The van der Waals surface area contributed by atoms with Crippen LogP contribution >= 0.6 is 0 Å². The maximum atomic E-state index is 10.8. The van der Waals surface area contributed by atoms with Crippen LogP contribution in [0.1, 0.15) is 37.7 Å². The van der Waals surface area contributed by atoms with Crippen LogP contribution in [0.3, 0.4) is 0 Å². The summed E-state index contributed by atoms with van der Waals surface area (Å²) < 4.78 is 5.80. The van der Waals surface area contributed by atoms with Crippen molar-refractivity contribution in [1.29, 1.82) is 0 Å². The van der Waals surface area contributed by atoms with Gasteiger partial charge in [-0.15, -0.1) is 0 Å². The average Bonchev–Trinajstić information content (AvgIpc) is 2.32. The van der Waals surface area contributed by atoms with Gasteiger partial charge in [-0.1, -0.05) is 0 Å². The molecule has 1 aromatic heterocycles. The number of rotatable bonds is 7. The van der Waals surface area contributed by atoms with Gasteiger partial charge in [0, 0.05) is 19.0 Å². The molecule has 2 rings (SSSR count). The van der Waals surface area contributed by atoms with Crippen molar-refractivity contribution in [2.75, 3.05) is 6.61 Å². The van der Waals surface area contributed by atoms with Crippen molar-refractivity contribution in [3.05, 3.63) is 30.1 Å². The Labute approximate surface area is 107 Å². The van der Waals surface area contributed by atoms with Crippen LogP contribution in [0.5, 0.6) is 0 Å². The minimum atomic E-state index is -0.760. The van der Waals surface area contributed by atoms with Gasteiger partial charge >= 0.3 is 5.97 Å². The average molecular weight is 249 g/mol. The normalized spacial score (nSPS) is 17.1.